The molecule has 0 aliphatic rings. The molecule has 0 spiro atoms. The van der Waals surface area contributed by atoms with Gasteiger partial charge in [0.15, 0.2) is 0 Å². The molecule has 0 saturated carbocycles. The summed E-state index contributed by atoms with van der Waals surface area (Å²) in [4.78, 5) is 16.6. The van der Waals surface area contributed by atoms with Crippen LogP contribution in [0.1, 0.15) is 54.5 Å². The number of halogens is 1. The van der Waals surface area contributed by atoms with E-state index in [0.29, 0.717) is 11.4 Å². The van der Waals surface area contributed by atoms with E-state index in [1.54, 1.807) is 0 Å². The van der Waals surface area contributed by atoms with Crippen molar-refractivity contribution in [2.24, 2.45) is 0 Å². The summed E-state index contributed by atoms with van der Waals surface area (Å²) >= 11 is 6.59. The molecule has 0 fully saturated rings. The summed E-state index contributed by atoms with van der Waals surface area (Å²) in [6.45, 7) is 4.16. The fourth-order valence-electron chi connectivity index (χ4n) is 4.28. The van der Waals surface area contributed by atoms with Crippen LogP contribution in [0.15, 0.2) is 79.0 Å². The summed E-state index contributed by atoms with van der Waals surface area (Å²) in [7, 11) is 0. The second-order valence-corrected chi connectivity index (χ2v) is 8.32. The molecule has 0 aliphatic carbocycles. The number of rotatable bonds is 7. The molecule has 3 nitrogen and oxygen atoms in total. The van der Waals surface area contributed by atoms with Crippen molar-refractivity contribution < 1.29 is 4.79 Å². The Morgan fingerprint density at radius 1 is 0.968 bits per heavy atom. The third-order valence-electron chi connectivity index (χ3n) is 5.94. The number of H-pyrrole nitrogens is 1. The molecule has 0 aliphatic heterocycles. The molecular formula is C27H27ClN2O. The van der Waals surface area contributed by atoms with E-state index in [-0.39, 0.29) is 17.9 Å². The van der Waals surface area contributed by atoms with E-state index in [0.717, 1.165) is 34.0 Å². The number of nitrogens with one attached hydrogen (secondary N) is 2. The third-order valence-corrected chi connectivity index (χ3v) is 6.28. The molecule has 3 aromatic carbocycles. The van der Waals surface area contributed by atoms with Crippen LogP contribution in [-0.4, -0.2) is 10.9 Å². The fourth-order valence-corrected chi connectivity index (χ4v) is 4.55. The molecule has 1 amide bonds. The lowest BCUT2D eigenvalue weighted by molar-refractivity contribution is -0.121. The Hall–Kier alpha value is -3.04. The topological polar surface area (TPSA) is 44.9 Å². The van der Waals surface area contributed by atoms with Crippen molar-refractivity contribution in [1.29, 1.82) is 0 Å². The van der Waals surface area contributed by atoms with Gasteiger partial charge in [0, 0.05) is 34.5 Å². The van der Waals surface area contributed by atoms with Gasteiger partial charge >= 0.3 is 0 Å². The normalized spacial score (nSPS) is 13.1. The van der Waals surface area contributed by atoms with Gasteiger partial charge in [-0.1, -0.05) is 85.3 Å². The zero-order chi connectivity index (χ0) is 21.8. The van der Waals surface area contributed by atoms with Crippen LogP contribution in [0.2, 0.25) is 5.02 Å². The van der Waals surface area contributed by atoms with Gasteiger partial charge in [-0.2, -0.15) is 0 Å². The minimum atomic E-state index is -0.141. The smallest absolute Gasteiger partial charge is 0.221 e. The second kappa shape index (κ2) is 9.40. The lowest BCUT2D eigenvalue weighted by atomic mass is 9.87. The Kier molecular flexibility index (Phi) is 6.43. The molecule has 2 N–H and O–H groups in total. The minimum Gasteiger partial charge on any atom is -0.361 e. The van der Waals surface area contributed by atoms with Crippen LogP contribution in [0.3, 0.4) is 0 Å². The summed E-state index contributed by atoms with van der Waals surface area (Å²) in [5.74, 6) is -0.139. The highest BCUT2D eigenvalue weighted by Gasteiger charge is 2.24. The van der Waals surface area contributed by atoms with E-state index in [1.165, 1.54) is 5.56 Å². The summed E-state index contributed by atoms with van der Waals surface area (Å²) in [5.41, 5.74) is 5.55. The first kappa shape index (κ1) is 21.2. The Bertz CT molecular complexity index is 1180. The van der Waals surface area contributed by atoms with Gasteiger partial charge in [-0.25, -0.2) is 0 Å². The van der Waals surface area contributed by atoms with E-state index in [4.69, 9.17) is 11.6 Å². The number of hydrogen-bond donors (Lipinski definition) is 2. The molecule has 1 heterocycles. The monoisotopic (exact) mass is 430 g/mol. The van der Waals surface area contributed by atoms with Crippen molar-refractivity contribution in [1.82, 2.24) is 10.3 Å². The summed E-state index contributed by atoms with van der Waals surface area (Å²) < 4.78 is 0. The first-order valence-electron chi connectivity index (χ1n) is 10.8. The standard InChI is InChI=1S/C27H27ClN2O/c1-3-19-12-9-14-22-24(17-29-27(19)22)23(21-13-7-8-15-25(21)28)16-26(31)30-18(2)20-10-5-4-6-11-20/h4-15,17-18,23,29H,3,16H2,1-2H3,(H,30,31)/t18-,23+/m0/s1. The molecule has 0 saturated heterocycles. The maximum atomic E-state index is 13.1. The van der Waals surface area contributed by atoms with E-state index >= 15 is 0 Å². The van der Waals surface area contributed by atoms with Gasteiger partial charge in [0.1, 0.15) is 0 Å². The maximum absolute atomic E-state index is 13.1. The predicted octanol–water partition coefficient (Wildman–Crippen LogP) is 6.78. The van der Waals surface area contributed by atoms with Gasteiger partial charge in [0.05, 0.1) is 6.04 Å². The predicted molar refractivity (Wildman–Crippen MR) is 129 cm³/mol. The van der Waals surface area contributed by atoms with E-state index < -0.39 is 0 Å². The molecule has 0 unspecified atom stereocenters. The Balaban J connectivity index is 1.68. The van der Waals surface area contributed by atoms with Crippen LogP contribution < -0.4 is 5.32 Å². The second-order valence-electron chi connectivity index (χ2n) is 7.92. The van der Waals surface area contributed by atoms with Crippen LogP contribution in [0.4, 0.5) is 0 Å². The van der Waals surface area contributed by atoms with E-state index in [1.807, 2.05) is 67.7 Å². The number of carbonyl (C=O) groups is 1. The summed E-state index contributed by atoms with van der Waals surface area (Å²) in [5, 5.41) is 4.98. The van der Waals surface area contributed by atoms with Crippen molar-refractivity contribution in [3.05, 3.63) is 106 Å². The van der Waals surface area contributed by atoms with Crippen LogP contribution in [0.25, 0.3) is 10.9 Å². The van der Waals surface area contributed by atoms with Gasteiger partial charge in [-0.05, 0) is 41.7 Å². The number of aryl methyl sites for hydroxylation is 1. The van der Waals surface area contributed by atoms with Crippen molar-refractivity contribution in [3.63, 3.8) is 0 Å². The quantitative estimate of drug-likeness (QED) is 0.333. The summed E-state index contributed by atoms with van der Waals surface area (Å²) in [6.07, 6.45) is 3.30. The number of amides is 1. The van der Waals surface area contributed by atoms with Crippen LogP contribution in [-0.2, 0) is 11.2 Å². The highest BCUT2D eigenvalue weighted by molar-refractivity contribution is 6.31. The lowest BCUT2D eigenvalue weighted by Gasteiger charge is -2.20. The van der Waals surface area contributed by atoms with Crippen LogP contribution >= 0.6 is 11.6 Å². The number of aromatic nitrogens is 1. The largest absolute Gasteiger partial charge is 0.361 e. The van der Waals surface area contributed by atoms with Crippen molar-refractivity contribution in [2.75, 3.05) is 0 Å². The van der Waals surface area contributed by atoms with Gasteiger partial charge in [0.25, 0.3) is 0 Å². The van der Waals surface area contributed by atoms with E-state index in [2.05, 4.69) is 35.4 Å². The third kappa shape index (κ3) is 4.52. The molecule has 0 radical (unpaired) electrons. The van der Waals surface area contributed by atoms with Gasteiger partial charge in [-0.3, -0.25) is 4.79 Å². The molecule has 4 rings (SSSR count). The van der Waals surface area contributed by atoms with Crippen LogP contribution in [0.5, 0.6) is 0 Å². The summed E-state index contributed by atoms with van der Waals surface area (Å²) in [6, 6.07) is 24.1. The SMILES string of the molecule is CCc1cccc2c([C@H](CC(=O)N[C@@H](C)c3ccccc3)c3ccccc3Cl)c[nH]c12. The minimum absolute atomic E-state index is 0.00210. The molecule has 31 heavy (non-hydrogen) atoms. The van der Waals surface area contributed by atoms with Crippen molar-refractivity contribution in [2.45, 2.75) is 38.6 Å². The van der Waals surface area contributed by atoms with Gasteiger partial charge < -0.3 is 10.3 Å². The van der Waals surface area contributed by atoms with Gasteiger partial charge in [0.2, 0.25) is 5.91 Å². The number of carbonyl (C=O) groups excluding carboxylic acids is 1. The molecule has 0 bridgehead atoms. The molecule has 4 heteroatoms. The molecule has 2 atom stereocenters. The number of hydrogen-bond acceptors (Lipinski definition) is 1. The zero-order valence-electron chi connectivity index (χ0n) is 17.9. The molecular weight excluding hydrogens is 404 g/mol. The van der Waals surface area contributed by atoms with Crippen molar-refractivity contribution >= 4 is 28.4 Å². The Morgan fingerprint density at radius 2 is 1.71 bits per heavy atom. The average Bonchev–Trinajstić information content (AvgIpc) is 3.22. The first-order valence-corrected chi connectivity index (χ1v) is 11.1. The Morgan fingerprint density at radius 3 is 2.45 bits per heavy atom. The highest BCUT2D eigenvalue weighted by atomic mass is 35.5. The number of aromatic amines is 1. The van der Waals surface area contributed by atoms with E-state index in [9.17, 15) is 4.79 Å². The number of fused-ring (bicyclic) bond motifs is 1. The Labute approximate surface area is 188 Å². The number of benzene rings is 3. The maximum Gasteiger partial charge on any atom is 0.221 e. The zero-order valence-corrected chi connectivity index (χ0v) is 18.6. The number of para-hydroxylation sites is 1. The molecule has 158 valence electrons. The van der Waals surface area contributed by atoms with Crippen molar-refractivity contribution in [3.8, 4) is 0 Å². The van der Waals surface area contributed by atoms with Crippen LogP contribution in [0, 0.1) is 0 Å². The average molecular weight is 431 g/mol. The lowest BCUT2D eigenvalue weighted by Crippen LogP contribution is -2.28. The first-order chi connectivity index (χ1) is 15.1. The molecule has 1 aromatic heterocycles. The van der Waals surface area contributed by atoms with Gasteiger partial charge in [-0.15, -0.1) is 0 Å². The molecule has 4 aromatic rings. The fraction of sp³-hybridized carbons (Fsp3) is 0.222. The highest BCUT2D eigenvalue weighted by Crippen LogP contribution is 2.37.